The average Bonchev–Trinajstić information content (AvgIpc) is 2.98. The molecule has 1 heterocycles. The molecular formula is C16H23N3O2. The number of rotatable bonds is 3. The molecule has 2 amide bonds. The van der Waals surface area contributed by atoms with Gasteiger partial charge < -0.3 is 15.6 Å². The zero-order valence-electron chi connectivity index (χ0n) is 12.3. The van der Waals surface area contributed by atoms with Crippen LogP contribution < -0.4 is 16.2 Å². The number of hydrogen-bond donors (Lipinski definition) is 3. The van der Waals surface area contributed by atoms with Crippen molar-refractivity contribution in [2.24, 2.45) is 5.92 Å². The predicted molar refractivity (Wildman–Crippen MR) is 81.2 cm³/mol. The highest BCUT2D eigenvalue weighted by Gasteiger charge is 2.23. The average molecular weight is 289 g/mol. The first-order valence-electron chi connectivity index (χ1n) is 7.99. The Morgan fingerprint density at radius 3 is 2.81 bits per heavy atom. The zero-order chi connectivity index (χ0) is 14.7. The molecule has 0 spiro atoms. The van der Waals surface area contributed by atoms with Gasteiger partial charge in [0.25, 0.3) is 0 Å². The largest absolute Gasteiger partial charge is 0.338 e. The molecule has 1 aromatic rings. The number of aryl methyl sites for hydroxylation is 1. The molecule has 0 saturated heterocycles. The van der Waals surface area contributed by atoms with E-state index < -0.39 is 0 Å². The second kappa shape index (κ2) is 6.33. The quantitative estimate of drug-likeness (QED) is 0.798. The van der Waals surface area contributed by atoms with Gasteiger partial charge in [-0.15, -0.1) is 0 Å². The number of aromatic nitrogens is 1. The Hall–Kier alpha value is -1.78. The molecule has 1 saturated carbocycles. The van der Waals surface area contributed by atoms with E-state index >= 15 is 0 Å². The third-order valence-electron chi connectivity index (χ3n) is 4.66. The van der Waals surface area contributed by atoms with Gasteiger partial charge in [0.15, 0.2) is 0 Å². The fourth-order valence-corrected chi connectivity index (χ4v) is 3.51. The summed E-state index contributed by atoms with van der Waals surface area (Å²) in [4.78, 5) is 26.3. The van der Waals surface area contributed by atoms with Crippen LogP contribution in [0.25, 0.3) is 0 Å². The molecule has 0 bridgehead atoms. The molecule has 21 heavy (non-hydrogen) atoms. The SMILES string of the molecule is O=C(NCC1CCCC1)N[C@H]1CCCc2[nH]c(=O)ccc21. The van der Waals surface area contributed by atoms with Gasteiger partial charge in [-0.3, -0.25) is 4.79 Å². The minimum Gasteiger partial charge on any atom is -0.338 e. The van der Waals surface area contributed by atoms with Crippen LogP contribution in [0.2, 0.25) is 0 Å². The van der Waals surface area contributed by atoms with Crippen LogP contribution in [0.3, 0.4) is 0 Å². The minimum atomic E-state index is -0.0917. The number of hydrogen-bond acceptors (Lipinski definition) is 2. The summed E-state index contributed by atoms with van der Waals surface area (Å²) < 4.78 is 0. The van der Waals surface area contributed by atoms with Crippen molar-refractivity contribution in [2.75, 3.05) is 6.54 Å². The summed E-state index contributed by atoms with van der Waals surface area (Å²) >= 11 is 0. The zero-order valence-corrected chi connectivity index (χ0v) is 12.3. The first kappa shape index (κ1) is 14.2. The number of H-pyrrole nitrogens is 1. The van der Waals surface area contributed by atoms with Crippen LogP contribution in [0.5, 0.6) is 0 Å². The van der Waals surface area contributed by atoms with Gasteiger partial charge in [-0.1, -0.05) is 12.8 Å². The Labute approximate surface area is 124 Å². The van der Waals surface area contributed by atoms with E-state index in [-0.39, 0.29) is 17.6 Å². The van der Waals surface area contributed by atoms with Gasteiger partial charge in [0.1, 0.15) is 0 Å². The number of amides is 2. The normalized spacial score (nSPS) is 21.8. The Kier molecular flexibility index (Phi) is 4.27. The van der Waals surface area contributed by atoms with E-state index in [9.17, 15) is 9.59 Å². The fourth-order valence-electron chi connectivity index (χ4n) is 3.51. The van der Waals surface area contributed by atoms with Crippen molar-refractivity contribution in [3.63, 3.8) is 0 Å². The number of pyridine rings is 1. The second-order valence-electron chi connectivity index (χ2n) is 6.21. The lowest BCUT2D eigenvalue weighted by molar-refractivity contribution is 0.233. The Morgan fingerprint density at radius 1 is 1.19 bits per heavy atom. The maximum atomic E-state index is 12.1. The Morgan fingerprint density at radius 2 is 2.00 bits per heavy atom. The molecule has 5 heteroatoms. The highest BCUT2D eigenvalue weighted by atomic mass is 16.2. The molecule has 114 valence electrons. The van der Waals surface area contributed by atoms with Crippen molar-refractivity contribution in [3.8, 4) is 0 Å². The van der Waals surface area contributed by atoms with Gasteiger partial charge in [-0.05, 0) is 49.7 Å². The lowest BCUT2D eigenvalue weighted by Gasteiger charge is -2.26. The summed E-state index contributed by atoms with van der Waals surface area (Å²) in [6.07, 6.45) is 7.83. The molecule has 5 nitrogen and oxygen atoms in total. The van der Waals surface area contributed by atoms with Crippen molar-refractivity contribution in [3.05, 3.63) is 33.7 Å². The van der Waals surface area contributed by atoms with E-state index in [4.69, 9.17) is 0 Å². The summed E-state index contributed by atoms with van der Waals surface area (Å²) in [6.45, 7) is 0.775. The molecule has 0 aliphatic heterocycles. The van der Waals surface area contributed by atoms with Crippen LogP contribution >= 0.6 is 0 Å². The topological polar surface area (TPSA) is 74.0 Å². The van der Waals surface area contributed by atoms with Gasteiger partial charge >= 0.3 is 6.03 Å². The Bertz CT molecular complexity index is 561. The van der Waals surface area contributed by atoms with Crippen LogP contribution in [0.15, 0.2) is 16.9 Å². The number of aromatic amines is 1. The van der Waals surface area contributed by atoms with Crippen molar-refractivity contribution in [2.45, 2.75) is 51.0 Å². The number of carbonyl (C=O) groups is 1. The third-order valence-corrected chi connectivity index (χ3v) is 4.66. The first-order chi connectivity index (χ1) is 10.2. The van der Waals surface area contributed by atoms with E-state index in [0.717, 1.165) is 37.1 Å². The van der Waals surface area contributed by atoms with Gasteiger partial charge in [0.05, 0.1) is 6.04 Å². The number of fused-ring (bicyclic) bond motifs is 1. The summed E-state index contributed by atoms with van der Waals surface area (Å²) in [5.41, 5.74) is 1.95. The molecule has 3 rings (SSSR count). The van der Waals surface area contributed by atoms with Crippen LogP contribution in [0.4, 0.5) is 4.79 Å². The van der Waals surface area contributed by atoms with Crippen LogP contribution in [0.1, 0.15) is 55.8 Å². The highest BCUT2D eigenvalue weighted by Crippen LogP contribution is 2.27. The van der Waals surface area contributed by atoms with E-state index in [2.05, 4.69) is 15.6 Å². The molecule has 1 atom stereocenters. The molecule has 3 N–H and O–H groups in total. The molecule has 2 aliphatic rings. The maximum Gasteiger partial charge on any atom is 0.315 e. The van der Waals surface area contributed by atoms with Gasteiger partial charge in [-0.25, -0.2) is 4.79 Å². The number of carbonyl (C=O) groups excluding carboxylic acids is 1. The second-order valence-corrected chi connectivity index (χ2v) is 6.21. The van der Waals surface area contributed by atoms with E-state index in [1.807, 2.05) is 6.07 Å². The van der Waals surface area contributed by atoms with Gasteiger partial charge in [0, 0.05) is 18.3 Å². The monoisotopic (exact) mass is 289 g/mol. The summed E-state index contributed by atoms with van der Waals surface area (Å²) in [5, 5.41) is 6.04. The fraction of sp³-hybridized carbons (Fsp3) is 0.625. The van der Waals surface area contributed by atoms with E-state index in [0.29, 0.717) is 5.92 Å². The summed E-state index contributed by atoms with van der Waals surface area (Å²) in [7, 11) is 0. The smallest absolute Gasteiger partial charge is 0.315 e. The molecule has 1 aromatic heterocycles. The number of nitrogens with one attached hydrogen (secondary N) is 3. The predicted octanol–water partition coefficient (Wildman–Crippen LogP) is 2.24. The minimum absolute atomic E-state index is 0.00850. The Balaban J connectivity index is 1.58. The molecule has 0 aromatic carbocycles. The van der Waals surface area contributed by atoms with E-state index in [1.54, 1.807) is 0 Å². The molecule has 2 aliphatic carbocycles. The highest BCUT2D eigenvalue weighted by molar-refractivity contribution is 5.74. The van der Waals surface area contributed by atoms with Gasteiger partial charge in [0.2, 0.25) is 5.56 Å². The van der Waals surface area contributed by atoms with Crippen molar-refractivity contribution in [1.82, 2.24) is 15.6 Å². The molecule has 1 fully saturated rings. The van der Waals surface area contributed by atoms with Gasteiger partial charge in [-0.2, -0.15) is 0 Å². The van der Waals surface area contributed by atoms with Crippen molar-refractivity contribution < 1.29 is 4.79 Å². The van der Waals surface area contributed by atoms with Crippen molar-refractivity contribution in [1.29, 1.82) is 0 Å². The lowest BCUT2D eigenvalue weighted by atomic mass is 9.91. The molecule has 0 radical (unpaired) electrons. The van der Waals surface area contributed by atoms with Crippen molar-refractivity contribution >= 4 is 6.03 Å². The summed E-state index contributed by atoms with van der Waals surface area (Å²) in [5.74, 6) is 0.644. The maximum absolute atomic E-state index is 12.1. The lowest BCUT2D eigenvalue weighted by Crippen LogP contribution is -2.41. The standard InChI is InChI=1S/C16H23N3O2/c20-15-9-8-12-13(18-15)6-3-7-14(12)19-16(21)17-10-11-4-1-2-5-11/h8-9,11,14H,1-7,10H2,(H,18,20)(H2,17,19,21)/t14-/m0/s1. The van der Waals surface area contributed by atoms with Crippen LogP contribution in [-0.2, 0) is 6.42 Å². The van der Waals surface area contributed by atoms with E-state index in [1.165, 1.54) is 31.7 Å². The first-order valence-corrected chi connectivity index (χ1v) is 7.99. The number of urea groups is 1. The van der Waals surface area contributed by atoms with Crippen LogP contribution in [0, 0.1) is 5.92 Å². The molecular weight excluding hydrogens is 266 g/mol. The summed E-state index contributed by atoms with van der Waals surface area (Å²) in [6, 6.07) is 3.30. The third kappa shape index (κ3) is 3.46. The van der Waals surface area contributed by atoms with Crippen LogP contribution in [-0.4, -0.2) is 17.6 Å². The molecule has 0 unspecified atom stereocenters.